The lowest BCUT2D eigenvalue weighted by Crippen LogP contribution is -2.28. The number of anilines is 2. The van der Waals surface area contributed by atoms with E-state index in [0.29, 0.717) is 17.2 Å². The van der Waals surface area contributed by atoms with Crippen LogP contribution < -0.4 is 10.6 Å². The monoisotopic (exact) mass is 431 g/mol. The molecule has 0 saturated heterocycles. The molecule has 1 amide bonds. The Morgan fingerprint density at radius 1 is 0.969 bits per heavy atom. The van der Waals surface area contributed by atoms with E-state index in [0.717, 1.165) is 22.5 Å². The number of nitrogens with one attached hydrogen (secondary N) is 2. The van der Waals surface area contributed by atoms with E-state index in [1.807, 2.05) is 18.5 Å². The van der Waals surface area contributed by atoms with E-state index < -0.39 is 0 Å². The van der Waals surface area contributed by atoms with Gasteiger partial charge in [-0.05, 0) is 13.0 Å². The summed E-state index contributed by atoms with van der Waals surface area (Å²) < 4.78 is 1.84. The number of amides is 1. The van der Waals surface area contributed by atoms with Crippen molar-refractivity contribution >= 4 is 28.4 Å². The summed E-state index contributed by atoms with van der Waals surface area (Å²) in [5.74, 6) is 1.04. The van der Waals surface area contributed by atoms with Crippen molar-refractivity contribution in [3.05, 3.63) is 60.6 Å². The van der Waals surface area contributed by atoms with Crippen molar-refractivity contribution in [3.63, 3.8) is 0 Å². The number of aryl methyl sites for hydroxylation is 1. The summed E-state index contributed by atoms with van der Waals surface area (Å²) >= 11 is 0. The first-order valence-corrected chi connectivity index (χ1v) is 10.2. The largest absolute Gasteiger partial charge is 0.343 e. The molecule has 32 heavy (non-hydrogen) atoms. The van der Waals surface area contributed by atoms with Gasteiger partial charge in [-0.15, -0.1) is 0 Å². The molecule has 0 aromatic carbocycles. The summed E-state index contributed by atoms with van der Waals surface area (Å²) in [5, 5.41) is 6.04. The molecule has 10 heteroatoms. The third kappa shape index (κ3) is 4.53. The lowest BCUT2D eigenvalue weighted by Gasteiger charge is -2.16. The Morgan fingerprint density at radius 3 is 2.38 bits per heavy atom. The van der Waals surface area contributed by atoms with Crippen LogP contribution in [0.4, 0.5) is 11.5 Å². The molecule has 4 aromatic heterocycles. The Morgan fingerprint density at radius 2 is 1.72 bits per heavy atom. The first kappa shape index (κ1) is 21.3. The number of pyridine rings is 1. The maximum atomic E-state index is 12.6. The Hall–Kier alpha value is -3.95. The first-order chi connectivity index (χ1) is 15.2. The summed E-state index contributed by atoms with van der Waals surface area (Å²) in [4.78, 5) is 38.6. The molecule has 4 heterocycles. The van der Waals surface area contributed by atoms with Gasteiger partial charge < -0.3 is 15.2 Å². The highest BCUT2D eigenvalue weighted by Crippen LogP contribution is 2.20. The fraction of sp³-hybridized carbons (Fsp3) is 0.318. The minimum Gasteiger partial charge on any atom is -0.343 e. The number of hydrogen-bond donors (Lipinski definition) is 2. The van der Waals surface area contributed by atoms with Crippen molar-refractivity contribution in [1.29, 1.82) is 0 Å². The van der Waals surface area contributed by atoms with Gasteiger partial charge in [0, 0.05) is 12.5 Å². The van der Waals surface area contributed by atoms with E-state index in [-0.39, 0.29) is 17.4 Å². The lowest BCUT2D eigenvalue weighted by molar-refractivity contribution is 0.0934. The second kappa shape index (κ2) is 8.29. The van der Waals surface area contributed by atoms with Gasteiger partial charge in [0.25, 0.3) is 5.91 Å². The van der Waals surface area contributed by atoms with Gasteiger partial charge in [-0.1, -0.05) is 20.8 Å². The SMILES string of the molecule is CC(NC(=O)c1cc2c(cn1)ncn2C)c1cnc(Nc2cnc(C(C)(C)C)nc2)cn1. The molecule has 10 nitrogen and oxygen atoms in total. The number of carbonyl (C=O) groups is 1. The molecule has 0 spiro atoms. The molecule has 2 N–H and O–H groups in total. The Bertz CT molecular complexity index is 1240. The zero-order valence-corrected chi connectivity index (χ0v) is 18.7. The molecule has 0 aliphatic rings. The summed E-state index contributed by atoms with van der Waals surface area (Å²) in [7, 11) is 1.87. The predicted molar refractivity (Wildman–Crippen MR) is 120 cm³/mol. The second-order valence-corrected chi connectivity index (χ2v) is 8.61. The van der Waals surface area contributed by atoms with Gasteiger partial charge in [0.15, 0.2) is 0 Å². The van der Waals surface area contributed by atoms with Crippen LogP contribution in [0.5, 0.6) is 0 Å². The van der Waals surface area contributed by atoms with Crippen LogP contribution in [0.3, 0.4) is 0 Å². The topological polar surface area (TPSA) is 123 Å². The van der Waals surface area contributed by atoms with E-state index >= 15 is 0 Å². The maximum absolute atomic E-state index is 12.6. The molecular formula is C22H25N9O. The van der Waals surface area contributed by atoms with Crippen molar-refractivity contribution in [2.24, 2.45) is 7.05 Å². The third-order valence-corrected chi connectivity index (χ3v) is 4.90. The number of aromatic nitrogens is 7. The van der Waals surface area contributed by atoms with Gasteiger partial charge in [-0.25, -0.2) is 24.9 Å². The molecule has 4 aromatic rings. The Balaban J connectivity index is 1.40. The van der Waals surface area contributed by atoms with Gasteiger partial charge in [-0.3, -0.25) is 9.78 Å². The van der Waals surface area contributed by atoms with Crippen molar-refractivity contribution in [2.75, 3.05) is 5.32 Å². The lowest BCUT2D eigenvalue weighted by atomic mass is 9.96. The van der Waals surface area contributed by atoms with Crippen LogP contribution in [0.2, 0.25) is 0 Å². The average molecular weight is 432 g/mol. The molecule has 0 saturated carbocycles. The molecule has 0 bridgehead atoms. The van der Waals surface area contributed by atoms with Crippen molar-refractivity contribution in [1.82, 2.24) is 39.8 Å². The van der Waals surface area contributed by atoms with Gasteiger partial charge >= 0.3 is 0 Å². The van der Waals surface area contributed by atoms with E-state index in [4.69, 9.17) is 0 Å². The number of imidazole rings is 1. The second-order valence-electron chi connectivity index (χ2n) is 8.61. The van der Waals surface area contributed by atoms with Crippen LogP contribution in [0.15, 0.2) is 43.4 Å². The van der Waals surface area contributed by atoms with Crippen LogP contribution in [0.1, 0.15) is 55.7 Å². The third-order valence-electron chi connectivity index (χ3n) is 4.90. The molecule has 0 fully saturated rings. The fourth-order valence-corrected chi connectivity index (χ4v) is 3.05. The van der Waals surface area contributed by atoms with Gasteiger partial charge in [0.1, 0.15) is 22.9 Å². The highest BCUT2D eigenvalue weighted by molar-refractivity contribution is 5.95. The van der Waals surface area contributed by atoms with Crippen molar-refractivity contribution < 1.29 is 4.79 Å². The average Bonchev–Trinajstić information content (AvgIpc) is 3.14. The zero-order valence-electron chi connectivity index (χ0n) is 18.7. The van der Waals surface area contributed by atoms with E-state index in [2.05, 4.69) is 61.3 Å². The molecule has 1 unspecified atom stereocenters. The molecule has 0 radical (unpaired) electrons. The molecule has 164 valence electrons. The highest BCUT2D eigenvalue weighted by Gasteiger charge is 2.17. The zero-order chi connectivity index (χ0) is 22.9. The molecular weight excluding hydrogens is 406 g/mol. The normalized spacial score (nSPS) is 12.5. The number of nitrogens with zero attached hydrogens (tertiary/aromatic N) is 7. The van der Waals surface area contributed by atoms with Crippen molar-refractivity contribution in [2.45, 2.75) is 39.2 Å². The van der Waals surface area contributed by atoms with E-state index in [9.17, 15) is 4.79 Å². The summed E-state index contributed by atoms with van der Waals surface area (Å²) in [5.41, 5.74) is 3.14. The van der Waals surface area contributed by atoms with E-state index in [1.165, 1.54) is 0 Å². The quantitative estimate of drug-likeness (QED) is 0.494. The summed E-state index contributed by atoms with van der Waals surface area (Å²) in [6, 6.07) is 1.37. The smallest absolute Gasteiger partial charge is 0.270 e. The van der Waals surface area contributed by atoms with Crippen molar-refractivity contribution in [3.8, 4) is 0 Å². The van der Waals surface area contributed by atoms with Gasteiger partial charge in [0.05, 0.1) is 60.3 Å². The number of rotatable bonds is 5. The van der Waals surface area contributed by atoms with Crippen LogP contribution in [-0.4, -0.2) is 40.4 Å². The molecule has 0 aliphatic carbocycles. The number of fused-ring (bicyclic) bond motifs is 1. The molecule has 0 aliphatic heterocycles. The van der Waals surface area contributed by atoms with Crippen LogP contribution in [0, 0.1) is 0 Å². The predicted octanol–water partition coefficient (Wildman–Crippen LogP) is 3.08. The minimum atomic E-state index is -0.345. The van der Waals surface area contributed by atoms with Crippen LogP contribution in [0.25, 0.3) is 11.0 Å². The van der Waals surface area contributed by atoms with Gasteiger partial charge in [0.2, 0.25) is 0 Å². The van der Waals surface area contributed by atoms with Crippen LogP contribution >= 0.6 is 0 Å². The first-order valence-electron chi connectivity index (χ1n) is 10.2. The summed E-state index contributed by atoms with van der Waals surface area (Å²) in [6.07, 6.45) is 9.95. The highest BCUT2D eigenvalue weighted by atomic mass is 16.1. The minimum absolute atomic E-state index is 0.112. The number of hydrogen-bond acceptors (Lipinski definition) is 8. The standard InChI is InChI=1S/C22H25N9O/c1-13(29-20(32)15-6-18-17(10-23-15)28-12-31(18)5)16-9-25-19(11-24-16)30-14-7-26-21(27-8-14)22(2,3)4/h6-13H,1-5H3,(H,25,30)(H,29,32). The van der Waals surface area contributed by atoms with Crippen LogP contribution in [-0.2, 0) is 12.5 Å². The fourth-order valence-electron chi connectivity index (χ4n) is 3.05. The summed E-state index contributed by atoms with van der Waals surface area (Å²) in [6.45, 7) is 8.03. The molecule has 4 rings (SSSR count). The Kier molecular flexibility index (Phi) is 5.52. The number of carbonyl (C=O) groups excluding carboxylic acids is 1. The Labute approximate surface area is 185 Å². The van der Waals surface area contributed by atoms with Gasteiger partial charge in [-0.2, -0.15) is 0 Å². The maximum Gasteiger partial charge on any atom is 0.270 e. The van der Waals surface area contributed by atoms with E-state index in [1.54, 1.807) is 43.4 Å². The molecule has 1 atom stereocenters.